The highest BCUT2D eigenvalue weighted by molar-refractivity contribution is 6.34. The highest BCUT2D eigenvalue weighted by atomic mass is 35.5. The molecular formula is C19H17ClN2O6. The number of nitrogens with two attached hydrogens (primary N) is 1. The molecule has 9 heteroatoms. The normalized spacial score (nSPS) is 11.9. The van der Waals surface area contributed by atoms with Gasteiger partial charge in [-0.2, -0.15) is 5.90 Å². The van der Waals surface area contributed by atoms with Gasteiger partial charge in [0.05, 0.1) is 5.02 Å². The van der Waals surface area contributed by atoms with Crippen molar-refractivity contribution in [2.45, 2.75) is 19.4 Å². The number of esters is 1. The smallest absolute Gasteiger partial charge is 0.417 e. The molecule has 0 fully saturated rings. The van der Waals surface area contributed by atoms with Crippen LogP contribution in [0.5, 0.6) is 0 Å². The summed E-state index contributed by atoms with van der Waals surface area (Å²) in [6.45, 7) is 0.0281. The molecule has 0 aliphatic carbocycles. The lowest BCUT2D eigenvalue weighted by Crippen LogP contribution is -2.30. The molecule has 0 amide bonds. The van der Waals surface area contributed by atoms with Crippen LogP contribution in [0.3, 0.4) is 0 Å². The lowest BCUT2D eigenvalue weighted by atomic mass is 9.99. The van der Waals surface area contributed by atoms with Crippen molar-refractivity contribution in [3.63, 3.8) is 0 Å². The number of H-pyrrole nitrogens is 1. The van der Waals surface area contributed by atoms with Crippen molar-refractivity contribution in [3.8, 4) is 0 Å². The molecule has 0 aliphatic rings. The first kappa shape index (κ1) is 19.7. The summed E-state index contributed by atoms with van der Waals surface area (Å²) in [6.07, 6.45) is 0.366. The van der Waals surface area contributed by atoms with E-state index < -0.39 is 23.6 Å². The molecule has 0 radical (unpaired) electrons. The lowest BCUT2D eigenvalue weighted by molar-refractivity contribution is -0.163. The van der Waals surface area contributed by atoms with E-state index >= 15 is 0 Å². The van der Waals surface area contributed by atoms with E-state index in [9.17, 15) is 14.4 Å². The van der Waals surface area contributed by atoms with Gasteiger partial charge in [0.15, 0.2) is 11.5 Å². The Morgan fingerprint density at radius 3 is 2.61 bits per heavy atom. The Hall–Kier alpha value is -3.10. The second-order valence-electron chi connectivity index (χ2n) is 6.09. The Balaban J connectivity index is 1.69. The number of aryl methyl sites for hydroxylation is 1. The Bertz CT molecular complexity index is 1040. The van der Waals surface area contributed by atoms with Crippen molar-refractivity contribution in [2.75, 3.05) is 0 Å². The molecule has 8 nitrogen and oxygen atoms in total. The van der Waals surface area contributed by atoms with Gasteiger partial charge in [0.25, 0.3) is 0 Å². The Morgan fingerprint density at radius 2 is 1.89 bits per heavy atom. The van der Waals surface area contributed by atoms with Crippen molar-refractivity contribution in [2.24, 2.45) is 11.8 Å². The highest BCUT2D eigenvalue weighted by Crippen LogP contribution is 2.24. The number of ether oxygens (including phenoxy) is 1. The summed E-state index contributed by atoms with van der Waals surface area (Å²) < 4.78 is 10.2. The minimum Gasteiger partial charge on any atom is -0.460 e. The van der Waals surface area contributed by atoms with Crippen LogP contribution in [0.2, 0.25) is 5.02 Å². The molecule has 0 bridgehead atoms. The van der Waals surface area contributed by atoms with Gasteiger partial charge in [-0.1, -0.05) is 41.9 Å². The van der Waals surface area contributed by atoms with E-state index in [-0.39, 0.29) is 25.0 Å². The van der Waals surface area contributed by atoms with Crippen LogP contribution in [0, 0.1) is 5.92 Å². The zero-order valence-corrected chi connectivity index (χ0v) is 15.4. The van der Waals surface area contributed by atoms with Gasteiger partial charge >= 0.3 is 17.7 Å². The van der Waals surface area contributed by atoms with Gasteiger partial charge in [-0.15, -0.1) is 0 Å². The molecule has 28 heavy (non-hydrogen) atoms. The van der Waals surface area contributed by atoms with Crippen molar-refractivity contribution in [3.05, 3.63) is 69.2 Å². The summed E-state index contributed by atoms with van der Waals surface area (Å²) in [6, 6.07) is 12.3. The molecule has 0 saturated carbocycles. The van der Waals surface area contributed by atoms with E-state index in [0.717, 1.165) is 5.56 Å². The summed E-state index contributed by atoms with van der Waals surface area (Å²) in [5, 5.41) is 0.294. The minimum absolute atomic E-state index is 0.0281. The first-order valence-electron chi connectivity index (χ1n) is 8.40. The Labute approximate surface area is 164 Å². The standard InChI is InChI=1S/C19H17ClN2O6/c20-14-8-12(9-15-16(14)22-19(25)27-15)6-7-13(18(24)28-21)17(23)26-10-11-4-2-1-3-5-11/h1-5,8-9,13H,6-7,10,21H2,(H,22,25)/t13-/m1/s1. The maximum absolute atomic E-state index is 12.4. The first-order chi connectivity index (χ1) is 13.5. The van der Waals surface area contributed by atoms with Crippen LogP contribution in [-0.4, -0.2) is 16.9 Å². The fraction of sp³-hybridized carbons (Fsp3) is 0.211. The summed E-state index contributed by atoms with van der Waals surface area (Å²) in [5.74, 6) is 1.51. The predicted molar refractivity (Wildman–Crippen MR) is 100 cm³/mol. The maximum atomic E-state index is 12.4. The average Bonchev–Trinajstić information content (AvgIpc) is 3.08. The van der Waals surface area contributed by atoms with Crippen LogP contribution in [0.4, 0.5) is 0 Å². The molecule has 1 heterocycles. The largest absolute Gasteiger partial charge is 0.460 e. The summed E-state index contributed by atoms with van der Waals surface area (Å²) >= 11 is 6.13. The Kier molecular flexibility index (Phi) is 6.13. The van der Waals surface area contributed by atoms with E-state index in [1.54, 1.807) is 24.3 Å². The van der Waals surface area contributed by atoms with E-state index in [4.69, 9.17) is 26.7 Å². The minimum atomic E-state index is -1.19. The van der Waals surface area contributed by atoms with Crippen molar-refractivity contribution in [1.29, 1.82) is 0 Å². The average molecular weight is 405 g/mol. The number of aromatic amines is 1. The van der Waals surface area contributed by atoms with Crippen LogP contribution in [-0.2, 0) is 32.2 Å². The number of fused-ring (bicyclic) bond motifs is 1. The SMILES string of the molecule is NOC(=O)[C@H](CCc1cc(Cl)c2[nH]c(=O)oc2c1)C(=O)OCc1ccccc1. The molecule has 146 valence electrons. The maximum Gasteiger partial charge on any atom is 0.417 e. The van der Waals surface area contributed by atoms with Crippen LogP contribution < -0.4 is 11.7 Å². The van der Waals surface area contributed by atoms with Crippen molar-refractivity contribution < 1.29 is 23.6 Å². The fourth-order valence-electron chi connectivity index (χ4n) is 2.76. The molecule has 1 atom stereocenters. The molecular weight excluding hydrogens is 388 g/mol. The van der Waals surface area contributed by atoms with Crippen LogP contribution in [0.1, 0.15) is 17.5 Å². The third kappa shape index (κ3) is 4.59. The molecule has 3 rings (SSSR count). The number of hydrogen-bond donors (Lipinski definition) is 2. The number of nitrogens with one attached hydrogen (secondary N) is 1. The predicted octanol–water partition coefficient (Wildman–Crippen LogP) is 2.48. The number of aromatic nitrogens is 1. The zero-order valence-electron chi connectivity index (χ0n) is 14.6. The van der Waals surface area contributed by atoms with Gasteiger partial charge in [-0.25, -0.2) is 9.59 Å². The van der Waals surface area contributed by atoms with E-state index in [0.29, 0.717) is 16.1 Å². The number of halogens is 1. The van der Waals surface area contributed by atoms with Crippen molar-refractivity contribution in [1.82, 2.24) is 4.98 Å². The highest BCUT2D eigenvalue weighted by Gasteiger charge is 2.29. The third-order valence-electron chi connectivity index (χ3n) is 4.17. The third-order valence-corrected chi connectivity index (χ3v) is 4.47. The summed E-state index contributed by atoms with van der Waals surface area (Å²) in [5.41, 5.74) is 2.13. The lowest BCUT2D eigenvalue weighted by Gasteiger charge is -2.14. The molecule has 3 N–H and O–H groups in total. The number of rotatable bonds is 7. The van der Waals surface area contributed by atoms with Crippen LogP contribution in [0.25, 0.3) is 11.1 Å². The van der Waals surface area contributed by atoms with E-state index in [1.807, 2.05) is 18.2 Å². The van der Waals surface area contributed by atoms with Crippen molar-refractivity contribution >= 4 is 34.6 Å². The molecule has 0 saturated heterocycles. The molecule has 2 aromatic carbocycles. The number of oxazole rings is 1. The zero-order chi connectivity index (χ0) is 20.1. The first-order valence-corrected chi connectivity index (χ1v) is 8.78. The molecule has 0 aliphatic heterocycles. The fourth-order valence-corrected chi connectivity index (χ4v) is 3.04. The van der Waals surface area contributed by atoms with E-state index in [2.05, 4.69) is 9.82 Å². The van der Waals surface area contributed by atoms with Gasteiger partial charge in [-0.05, 0) is 36.1 Å². The van der Waals surface area contributed by atoms with Gasteiger partial charge in [0.1, 0.15) is 12.1 Å². The molecule has 3 aromatic rings. The summed E-state index contributed by atoms with van der Waals surface area (Å²) in [7, 11) is 0. The van der Waals surface area contributed by atoms with Gasteiger partial charge in [0.2, 0.25) is 0 Å². The quantitative estimate of drug-likeness (QED) is 0.352. The van der Waals surface area contributed by atoms with Gasteiger partial charge < -0.3 is 14.0 Å². The number of hydrogen-bond acceptors (Lipinski definition) is 7. The molecule has 1 aromatic heterocycles. The van der Waals surface area contributed by atoms with Crippen LogP contribution in [0.15, 0.2) is 51.7 Å². The monoisotopic (exact) mass is 404 g/mol. The number of benzene rings is 2. The Morgan fingerprint density at radius 1 is 1.14 bits per heavy atom. The van der Waals surface area contributed by atoms with Gasteiger partial charge in [0, 0.05) is 0 Å². The second kappa shape index (κ2) is 8.73. The number of carbonyl (C=O) groups is 2. The summed E-state index contributed by atoms with van der Waals surface area (Å²) in [4.78, 5) is 42.3. The topological polar surface area (TPSA) is 125 Å². The van der Waals surface area contributed by atoms with Crippen LogP contribution >= 0.6 is 11.6 Å². The second-order valence-corrected chi connectivity index (χ2v) is 6.49. The molecule has 0 unspecified atom stereocenters. The van der Waals surface area contributed by atoms with E-state index in [1.165, 1.54) is 0 Å². The molecule has 0 spiro atoms. The van der Waals surface area contributed by atoms with Gasteiger partial charge in [-0.3, -0.25) is 9.78 Å². The number of carbonyl (C=O) groups excluding carboxylic acids is 2.